The van der Waals surface area contributed by atoms with Gasteiger partial charge in [-0.3, -0.25) is 4.79 Å². The van der Waals surface area contributed by atoms with E-state index < -0.39 is 17.5 Å². The van der Waals surface area contributed by atoms with E-state index in [1.54, 1.807) is 18.2 Å². The van der Waals surface area contributed by atoms with Gasteiger partial charge in [-0.15, -0.1) is 5.01 Å². The number of imide groups is 1. The van der Waals surface area contributed by atoms with Crippen molar-refractivity contribution in [1.82, 2.24) is 10.3 Å². The number of esters is 1. The molecule has 30 heavy (non-hydrogen) atoms. The molecule has 0 atom stereocenters. The van der Waals surface area contributed by atoms with Crippen LogP contribution in [0.15, 0.2) is 46.1 Å². The molecule has 3 amide bonds. The summed E-state index contributed by atoms with van der Waals surface area (Å²) in [4.78, 5) is 37.1. The first-order chi connectivity index (χ1) is 14.5. The molecule has 1 spiro atoms. The van der Waals surface area contributed by atoms with Crippen molar-refractivity contribution >= 4 is 24.1 Å². The van der Waals surface area contributed by atoms with Gasteiger partial charge >= 0.3 is 12.0 Å². The van der Waals surface area contributed by atoms with Crippen molar-refractivity contribution in [2.75, 3.05) is 7.11 Å². The number of urea groups is 1. The number of rotatable bonds is 5. The van der Waals surface area contributed by atoms with Gasteiger partial charge in [0, 0.05) is 0 Å². The van der Waals surface area contributed by atoms with Crippen molar-refractivity contribution in [3.05, 3.63) is 47.9 Å². The number of carbonyl (C=O) groups excluding carboxylic acids is 3. The Balaban J connectivity index is 1.49. The topological polar surface area (TPSA) is 110 Å². The number of hydrogen-bond donors (Lipinski definition) is 1. The number of hydrogen-bond acceptors (Lipinski definition) is 7. The van der Waals surface area contributed by atoms with Gasteiger partial charge in [0.1, 0.15) is 5.54 Å². The molecule has 9 heteroatoms. The third-order valence-electron chi connectivity index (χ3n) is 5.28. The van der Waals surface area contributed by atoms with Gasteiger partial charge in [-0.25, -0.2) is 9.59 Å². The number of amides is 3. The zero-order chi connectivity index (χ0) is 21.1. The van der Waals surface area contributed by atoms with Crippen LogP contribution in [0.2, 0.25) is 0 Å². The molecule has 4 rings (SSSR count). The lowest BCUT2D eigenvalue weighted by Gasteiger charge is -2.29. The molecule has 0 unspecified atom stereocenters. The fourth-order valence-corrected chi connectivity index (χ4v) is 3.72. The lowest BCUT2D eigenvalue weighted by atomic mass is 9.82. The van der Waals surface area contributed by atoms with Crippen molar-refractivity contribution < 1.29 is 28.3 Å². The summed E-state index contributed by atoms with van der Waals surface area (Å²) in [7, 11) is 1.44. The van der Waals surface area contributed by atoms with E-state index in [1.807, 2.05) is 0 Å². The molecule has 1 aliphatic carbocycles. The van der Waals surface area contributed by atoms with E-state index in [1.165, 1.54) is 31.7 Å². The smallest absolute Gasteiger partial charge is 0.379 e. The molecule has 1 aromatic heterocycles. The molecule has 0 radical (unpaired) electrons. The fraction of sp³-hybridized carbons (Fsp3) is 0.333. The zero-order valence-corrected chi connectivity index (χ0v) is 16.4. The van der Waals surface area contributed by atoms with Crippen LogP contribution in [0.25, 0.3) is 0 Å². The van der Waals surface area contributed by atoms with E-state index in [2.05, 4.69) is 10.4 Å². The third kappa shape index (κ3) is 3.66. The Labute approximate surface area is 172 Å². The lowest BCUT2D eigenvalue weighted by molar-refractivity contribution is -0.132. The van der Waals surface area contributed by atoms with E-state index in [4.69, 9.17) is 13.9 Å². The van der Waals surface area contributed by atoms with Gasteiger partial charge in [0.05, 0.1) is 19.6 Å². The summed E-state index contributed by atoms with van der Waals surface area (Å²) >= 11 is 0. The first-order valence-corrected chi connectivity index (χ1v) is 9.67. The number of nitrogens with one attached hydrogen (secondary N) is 1. The van der Waals surface area contributed by atoms with Gasteiger partial charge in [-0.1, -0.05) is 19.3 Å². The van der Waals surface area contributed by atoms with Crippen LogP contribution >= 0.6 is 0 Å². The largest absolute Gasteiger partial charge is 0.493 e. The molecule has 1 saturated carbocycles. The average molecular weight is 411 g/mol. The van der Waals surface area contributed by atoms with Gasteiger partial charge in [0.2, 0.25) is 5.76 Å². The number of hydrazone groups is 1. The van der Waals surface area contributed by atoms with Crippen LogP contribution in [0, 0.1) is 0 Å². The van der Waals surface area contributed by atoms with E-state index >= 15 is 0 Å². The minimum absolute atomic E-state index is 0.0675. The monoisotopic (exact) mass is 411 g/mol. The summed E-state index contributed by atoms with van der Waals surface area (Å²) in [5.74, 6) is -0.416. The second kappa shape index (κ2) is 8.02. The number of benzene rings is 1. The second-order valence-electron chi connectivity index (χ2n) is 7.21. The fourth-order valence-electron chi connectivity index (χ4n) is 3.72. The summed E-state index contributed by atoms with van der Waals surface area (Å²) in [5.41, 5.74) is -0.260. The molecule has 1 N–H and O–H groups in total. The van der Waals surface area contributed by atoms with Crippen LogP contribution in [-0.2, 0) is 4.79 Å². The number of methoxy groups -OCH3 is 1. The molecule has 2 aromatic rings. The number of furan rings is 1. The minimum atomic E-state index is -0.825. The van der Waals surface area contributed by atoms with Crippen molar-refractivity contribution in [2.24, 2.45) is 5.10 Å². The summed E-state index contributed by atoms with van der Waals surface area (Å²) in [6, 6.07) is 7.31. The molecule has 2 heterocycles. The van der Waals surface area contributed by atoms with Gasteiger partial charge in [-0.2, -0.15) is 5.10 Å². The molecule has 2 fully saturated rings. The molecule has 0 bridgehead atoms. The number of ether oxygens (including phenoxy) is 2. The maximum Gasteiger partial charge on any atom is 0.379 e. The predicted molar refractivity (Wildman–Crippen MR) is 105 cm³/mol. The Morgan fingerprint density at radius 2 is 2.00 bits per heavy atom. The minimum Gasteiger partial charge on any atom is -0.493 e. The van der Waals surface area contributed by atoms with Crippen molar-refractivity contribution in [1.29, 1.82) is 0 Å². The van der Waals surface area contributed by atoms with Crippen LogP contribution in [0.3, 0.4) is 0 Å². The third-order valence-corrected chi connectivity index (χ3v) is 5.28. The lowest BCUT2D eigenvalue weighted by Crippen LogP contribution is -2.48. The Kier molecular flexibility index (Phi) is 5.26. The van der Waals surface area contributed by atoms with E-state index in [0.29, 0.717) is 24.2 Å². The molecular formula is C21H21N3O6. The Morgan fingerprint density at radius 1 is 1.20 bits per heavy atom. The predicted octanol–water partition coefficient (Wildman–Crippen LogP) is 3.10. The van der Waals surface area contributed by atoms with Crippen molar-refractivity contribution in [2.45, 2.75) is 37.6 Å². The maximum atomic E-state index is 12.8. The van der Waals surface area contributed by atoms with E-state index in [0.717, 1.165) is 24.3 Å². The number of carbonyl (C=O) groups is 3. The van der Waals surface area contributed by atoms with Gasteiger partial charge in [0.25, 0.3) is 5.91 Å². The Bertz CT molecular complexity index is 992. The van der Waals surface area contributed by atoms with E-state index in [9.17, 15) is 14.4 Å². The molecule has 1 aliphatic heterocycles. The van der Waals surface area contributed by atoms with Crippen molar-refractivity contribution in [3.8, 4) is 11.5 Å². The van der Waals surface area contributed by atoms with E-state index in [-0.39, 0.29) is 17.4 Å². The molecule has 1 aromatic carbocycles. The normalized spacial score (nSPS) is 18.1. The van der Waals surface area contributed by atoms with Gasteiger partial charge in [0.15, 0.2) is 11.5 Å². The zero-order valence-electron chi connectivity index (χ0n) is 16.4. The Morgan fingerprint density at radius 3 is 2.70 bits per heavy atom. The van der Waals surface area contributed by atoms with Crippen LogP contribution in [-0.4, -0.2) is 41.8 Å². The van der Waals surface area contributed by atoms with Crippen LogP contribution in [0.4, 0.5) is 4.79 Å². The second-order valence-corrected chi connectivity index (χ2v) is 7.21. The first kappa shape index (κ1) is 19.7. The van der Waals surface area contributed by atoms with Gasteiger partial charge < -0.3 is 19.2 Å². The summed E-state index contributed by atoms with van der Waals surface area (Å²) < 4.78 is 15.6. The standard InChI is InChI=1S/C21H21N3O6/c1-28-17-12-14(7-8-15(17)30-18(25)16-6-5-11-29-16)13-22-24-19(26)21(23-20(24)27)9-3-2-4-10-21/h5-8,11-13H,2-4,9-10H2,1H3,(H,23,27). The average Bonchev–Trinajstić information content (AvgIpc) is 3.36. The van der Waals surface area contributed by atoms with Crippen LogP contribution in [0.1, 0.15) is 48.2 Å². The van der Waals surface area contributed by atoms with Crippen LogP contribution < -0.4 is 14.8 Å². The first-order valence-electron chi connectivity index (χ1n) is 9.67. The van der Waals surface area contributed by atoms with Gasteiger partial charge in [-0.05, 0) is 48.7 Å². The molecule has 2 aliphatic rings. The van der Waals surface area contributed by atoms with Crippen molar-refractivity contribution in [3.63, 3.8) is 0 Å². The molecular weight excluding hydrogens is 390 g/mol. The summed E-state index contributed by atoms with van der Waals surface area (Å²) in [6.07, 6.45) is 6.89. The SMILES string of the molecule is COc1cc(C=NN2C(=O)NC3(CCCCC3)C2=O)ccc1OC(=O)c1ccco1. The highest BCUT2D eigenvalue weighted by molar-refractivity contribution is 6.07. The Hall–Kier alpha value is -3.62. The quantitative estimate of drug-likeness (QED) is 0.350. The summed E-state index contributed by atoms with van der Waals surface area (Å²) in [6.45, 7) is 0. The maximum absolute atomic E-state index is 12.8. The number of nitrogens with zero attached hydrogens (tertiary/aromatic N) is 2. The summed E-state index contributed by atoms with van der Waals surface area (Å²) in [5, 5.41) is 7.76. The highest BCUT2D eigenvalue weighted by atomic mass is 16.6. The molecule has 9 nitrogen and oxygen atoms in total. The van der Waals surface area contributed by atoms with Crippen LogP contribution in [0.5, 0.6) is 11.5 Å². The highest BCUT2D eigenvalue weighted by Crippen LogP contribution is 2.34. The molecule has 1 saturated heterocycles. The molecule has 156 valence electrons. The highest BCUT2D eigenvalue weighted by Gasteiger charge is 2.51.